The molecule has 0 saturated carbocycles. The van der Waals surface area contributed by atoms with Gasteiger partial charge in [-0.25, -0.2) is 0 Å². The highest BCUT2D eigenvalue weighted by Crippen LogP contribution is 2.26. The third kappa shape index (κ3) is 2.97. The van der Waals surface area contributed by atoms with Gasteiger partial charge in [0.25, 0.3) is 0 Å². The van der Waals surface area contributed by atoms with Gasteiger partial charge in [-0.1, -0.05) is 0 Å². The van der Waals surface area contributed by atoms with Gasteiger partial charge < -0.3 is 14.6 Å². The average Bonchev–Trinajstić information content (AvgIpc) is 2.30. The normalized spacial score (nSPS) is 19.9. The van der Waals surface area contributed by atoms with Crippen LogP contribution in [0.25, 0.3) is 0 Å². The molecule has 1 heterocycles. The zero-order valence-corrected chi connectivity index (χ0v) is 9.81. The minimum atomic E-state index is -0.244. The number of hydrogen-bond acceptors (Lipinski definition) is 4. The maximum Gasteiger partial charge on any atom is 0.199 e. The predicted molar refractivity (Wildman–Crippen MR) is 62.3 cm³/mol. The summed E-state index contributed by atoms with van der Waals surface area (Å²) in [5.41, 5.74) is 0.307. The maximum atomic E-state index is 11.1. The van der Waals surface area contributed by atoms with E-state index in [1.165, 1.54) is 13.0 Å². The first-order valence-corrected chi connectivity index (χ1v) is 5.79. The van der Waals surface area contributed by atoms with E-state index in [2.05, 4.69) is 0 Å². The fraction of sp³-hybridized carbons (Fsp3) is 0.462. The van der Waals surface area contributed by atoms with E-state index in [-0.39, 0.29) is 17.8 Å². The van der Waals surface area contributed by atoms with Gasteiger partial charge in [-0.05, 0) is 31.9 Å². The molecule has 1 aliphatic heterocycles. The second kappa shape index (κ2) is 5.19. The summed E-state index contributed by atoms with van der Waals surface area (Å²) in [4.78, 5) is 11.1. The zero-order chi connectivity index (χ0) is 12.3. The molecule has 0 spiro atoms. The molecule has 0 amide bonds. The second-order valence-corrected chi connectivity index (χ2v) is 4.15. The third-order valence-electron chi connectivity index (χ3n) is 2.75. The standard InChI is InChI=1S/C13H16O4/c1-9(14)11-6-5-10(8-12(11)15)17-13-4-2-3-7-16-13/h5-6,8,13,15H,2-4,7H2,1H3/t13-/m1/s1. The van der Waals surface area contributed by atoms with Gasteiger partial charge in [-0.2, -0.15) is 0 Å². The summed E-state index contributed by atoms with van der Waals surface area (Å²) in [5.74, 6) is 0.313. The zero-order valence-electron chi connectivity index (χ0n) is 9.81. The lowest BCUT2D eigenvalue weighted by Crippen LogP contribution is -2.24. The molecule has 1 fully saturated rings. The molecule has 4 nitrogen and oxygen atoms in total. The molecule has 1 saturated heterocycles. The minimum absolute atomic E-state index is 0.0502. The Morgan fingerprint density at radius 1 is 1.47 bits per heavy atom. The summed E-state index contributed by atoms with van der Waals surface area (Å²) in [7, 11) is 0. The van der Waals surface area contributed by atoms with Gasteiger partial charge >= 0.3 is 0 Å². The predicted octanol–water partition coefficient (Wildman–Crippen LogP) is 2.50. The number of ether oxygens (including phenoxy) is 2. The van der Waals surface area contributed by atoms with Gasteiger partial charge in [0, 0.05) is 12.5 Å². The Hall–Kier alpha value is -1.55. The highest BCUT2D eigenvalue weighted by Gasteiger charge is 2.16. The summed E-state index contributed by atoms with van der Waals surface area (Å²) in [6, 6.07) is 4.69. The van der Waals surface area contributed by atoms with Crippen LogP contribution in [0.1, 0.15) is 36.5 Å². The largest absolute Gasteiger partial charge is 0.507 e. The van der Waals surface area contributed by atoms with Crippen molar-refractivity contribution in [2.24, 2.45) is 0 Å². The summed E-state index contributed by atoms with van der Waals surface area (Å²) in [6.07, 6.45) is 2.76. The van der Waals surface area contributed by atoms with E-state index < -0.39 is 0 Å². The highest BCUT2D eigenvalue weighted by atomic mass is 16.7. The Bertz CT molecular complexity index is 408. The van der Waals surface area contributed by atoms with Crippen molar-refractivity contribution in [3.63, 3.8) is 0 Å². The number of aromatic hydroxyl groups is 1. The molecule has 17 heavy (non-hydrogen) atoms. The molecule has 1 N–H and O–H groups in total. The molecule has 0 unspecified atom stereocenters. The number of carbonyl (C=O) groups is 1. The molecule has 0 aromatic heterocycles. The molecule has 1 atom stereocenters. The smallest absolute Gasteiger partial charge is 0.199 e. The molecule has 1 aliphatic rings. The van der Waals surface area contributed by atoms with E-state index in [9.17, 15) is 9.90 Å². The van der Waals surface area contributed by atoms with Crippen molar-refractivity contribution >= 4 is 5.78 Å². The summed E-state index contributed by atoms with van der Waals surface area (Å²) >= 11 is 0. The van der Waals surface area contributed by atoms with Crippen LogP contribution in [0.3, 0.4) is 0 Å². The number of phenols is 1. The van der Waals surface area contributed by atoms with Gasteiger partial charge in [0.2, 0.25) is 0 Å². The van der Waals surface area contributed by atoms with E-state index in [1.54, 1.807) is 12.1 Å². The Morgan fingerprint density at radius 3 is 2.88 bits per heavy atom. The number of hydrogen-bond donors (Lipinski definition) is 1. The first kappa shape index (κ1) is 11.9. The van der Waals surface area contributed by atoms with Crippen molar-refractivity contribution in [3.05, 3.63) is 23.8 Å². The number of carbonyl (C=O) groups excluding carboxylic acids is 1. The molecule has 0 radical (unpaired) electrons. The van der Waals surface area contributed by atoms with Crippen molar-refractivity contribution < 1.29 is 19.4 Å². The van der Waals surface area contributed by atoms with Crippen LogP contribution in [-0.4, -0.2) is 23.8 Å². The number of ketones is 1. The van der Waals surface area contributed by atoms with Crippen LogP contribution >= 0.6 is 0 Å². The van der Waals surface area contributed by atoms with Gasteiger partial charge in [0.15, 0.2) is 12.1 Å². The van der Waals surface area contributed by atoms with Crippen molar-refractivity contribution in [1.29, 1.82) is 0 Å². The first-order chi connectivity index (χ1) is 8.16. The molecule has 2 rings (SSSR count). The monoisotopic (exact) mass is 236 g/mol. The van der Waals surface area contributed by atoms with E-state index in [0.717, 1.165) is 19.3 Å². The second-order valence-electron chi connectivity index (χ2n) is 4.15. The van der Waals surface area contributed by atoms with Crippen molar-refractivity contribution in [2.75, 3.05) is 6.61 Å². The quantitative estimate of drug-likeness (QED) is 0.819. The van der Waals surface area contributed by atoms with Crippen molar-refractivity contribution in [2.45, 2.75) is 32.5 Å². The third-order valence-corrected chi connectivity index (χ3v) is 2.75. The Kier molecular flexibility index (Phi) is 3.64. The Morgan fingerprint density at radius 2 is 2.29 bits per heavy atom. The number of benzene rings is 1. The van der Waals surface area contributed by atoms with Gasteiger partial charge in [0.05, 0.1) is 12.2 Å². The van der Waals surface area contributed by atoms with E-state index in [4.69, 9.17) is 9.47 Å². The first-order valence-electron chi connectivity index (χ1n) is 5.79. The van der Waals surface area contributed by atoms with E-state index in [0.29, 0.717) is 17.9 Å². The van der Waals surface area contributed by atoms with E-state index >= 15 is 0 Å². The molecule has 0 aliphatic carbocycles. The molecular formula is C13H16O4. The maximum absolute atomic E-state index is 11.1. The fourth-order valence-electron chi connectivity index (χ4n) is 1.84. The number of phenolic OH excluding ortho intramolecular Hbond substituents is 1. The highest BCUT2D eigenvalue weighted by molar-refractivity contribution is 5.96. The SMILES string of the molecule is CC(=O)c1ccc(O[C@@H]2CCCCO2)cc1O. The molecular weight excluding hydrogens is 220 g/mol. The summed E-state index contributed by atoms with van der Waals surface area (Å²) < 4.78 is 11.0. The molecule has 0 bridgehead atoms. The van der Waals surface area contributed by atoms with Crippen LogP contribution < -0.4 is 4.74 Å². The Labute approximate surface area is 100 Å². The van der Waals surface area contributed by atoms with Crippen molar-refractivity contribution in [1.82, 2.24) is 0 Å². The van der Waals surface area contributed by atoms with Crippen LogP contribution in [-0.2, 0) is 4.74 Å². The van der Waals surface area contributed by atoms with Crippen LogP contribution in [0.4, 0.5) is 0 Å². The van der Waals surface area contributed by atoms with Gasteiger partial charge in [0.1, 0.15) is 11.5 Å². The molecule has 1 aromatic carbocycles. The van der Waals surface area contributed by atoms with Crippen LogP contribution in [0, 0.1) is 0 Å². The number of Topliss-reactive ketones (excluding diaryl/α,β-unsaturated/α-hetero) is 1. The van der Waals surface area contributed by atoms with Crippen LogP contribution in [0.5, 0.6) is 11.5 Å². The lowest BCUT2D eigenvalue weighted by Gasteiger charge is -2.23. The van der Waals surface area contributed by atoms with Gasteiger partial charge in [-0.15, -0.1) is 0 Å². The average molecular weight is 236 g/mol. The topological polar surface area (TPSA) is 55.8 Å². The van der Waals surface area contributed by atoms with Crippen LogP contribution in [0.2, 0.25) is 0 Å². The molecule has 92 valence electrons. The molecule has 1 aromatic rings. The lowest BCUT2D eigenvalue weighted by molar-refractivity contribution is -0.105. The molecule has 4 heteroatoms. The van der Waals surface area contributed by atoms with Crippen LogP contribution in [0.15, 0.2) is 18.2 Å². The van der Waals surface area contributed by atoms with Gasteiger partial charge in [-0.3, -0.25) is 4.79 Å². The fourth-order valence-corrected chi connectivity index (χ4v) is 1.84. The lowest BCUT2D eigenvalue weighted by atomic mass is 10.1. The van der Waals surface area contributed by atoms with E-state index in [1.807, 2.05) is 0 Å². The minimum Gasteiger partial charge on any atom is -0.507 e. The Balaban J connectivity index is 2.06. The summed E-state index contributed by atoms with van der Waals surface area (Å²) in [5, 5.41) is 9.65. The summed E-state index contributed by atoms with van der Waals surface area (Å²) in [6.45, 7) is 2.13. The van der Waals surface area contributed by atoms with Crippen molar-refractivity contribution in [3.8, 4) is 11.5 Å². The number of rotatable bonds is 3.